The van der Waals surface area contributed by atoms with Gasteiger partial charge in [0, 0.05) is 24.7 Å². The number of nitrogens with zero attached hydrogens (tertiary/aromatic N) is 1. The molecule has 5 nitrogen and oxygen atoms in total. The van der Waals surface area contributed by atoms with E-state index in [1.165, 1.54) is 12.0 Å². The lowest BCUT2D eigenvalue weighted by Gasteiger charge is -2.39. The second-order valence-electron chi connectivity index (χ2n) is 6.41. The van der Waals surface area contributed by atoms with Crippen LogP contribution >= 0.6 is 0 Å². The average Bonchev–Trinajstić information content (AvgIpc) is 2.77. The molecular weight excluding hydrogens is 280 g/mol. The van der Waals surface area contributed by atoms with Gasteiger partial charge < -0.3 is 14.8 Å². The van der Waals surface area contributed by atoms with Crippen molar-refractivity contribution in [2.24, 2.45) is 0 Å². The van der Waals surface area contributed by atoms with Gasteiger partial charge in [-0.2, -0.15) is 0 Å². The van der Waals surface area contributed by atoms with Crippen molar-refractivity contribution >= 4 is 5.97 Å². The van der Waals surface area contributed by atoms with Crippen LogP contribution in [-0.4, -0.2) is 49.7 Å². The molecule has 0 aromatic heterocycles. The van der Waals surface area contributed by atoms with E-state index < -0.39 is 0 Å². The fourth-order valence-corrected chi connectivity index (χ4v) is 3.79. The molecule has 5 heteroatoms. The molecule has 4 rings (SSSR count). The molecule has 3 aliphatic heterocycles. The SMILES string of the molecule is Cc1c(C2CN3CCCNCC3CO2)ccc2c1COC2=O. The third kappa shape index (κ3) is 2.33. The van der Waals surface area contributed by atoms with Gasteiger partial charge in [0.15, 0.2) is 0 Å². The number of hydrogen-bond acceptors (Lipinski definition) is 5. The predicted octanol–water partition coefficient (Wildman–Crippen LogP) is 1.40. The molecule has 0 radical (unpaired) electrons. The van der Waals surface area contributed by atoms with Crippen LogP contribution in [0.25, 0.3) is 0 Å². The third-order valence-electron chi connectivity index (χ3n) is 5.14. The molecule has 2 fully saturated rings. The highest BCUT2D eigenvalue weighted by Crippen LogP contribution is 2.33. The topological polar surface area (TPSA) is 50.8 Å². The Balaban J connectivity index is 1.59. The van der Waals surface area contributed by atoms with E-state index in [-0.39, 0.29) is 12.1 Å². The molecule has 0 spiro atoms. The number of benzene rings is 1. The Bertz CT molecular complexity index is 602. The first kappa shape index (κ1) is 14.2. The Morgan fingerprint density at radius 3 is 3.18 bits per heavy atom. The Morgan fingerprint density at radius 2 is 2.27 bits per heavy atom. The third-order valence-corrected chi connectivity index (χ3v) is 5.14. The maximum absolute atomic E-state index is 11.7. The maximum atomic E-state index is 11.7. The molecule has 0 aliphatic carbocycles. The molecular formula is C17H22N2O3. The van der Waals surface area contributed by atoms with Crippen LogP contribution in [0, 0.1) is 6.92 Å². The van der Waals surface area contributed by atoms with Crippen LogP contribution in [0.4, 0.5) is 0 Å². The largest absolute Gasteiger partial charge is 0.457 e. The minimum absolute atomic E-state index is 0.0929. The number of cyclic esters (lactones) is 1. The van der Waals surface area contributed by atoms with E-state index in [0.29, 0.717) is 18.2 Å². The zero-order valence-electron chi connectivity index (χ0n) is 12.9. The van der Waals surface area contributed by atoms with Gasteiger partial charge in [0.1, 0.15) is 6.61 Å². The van der Waals surface area contributed by atoms with Gasteiger partial charge in [-0.3, -0.25) is 4.90 Å². The Labute approximate surface area is 130 Å². The van der Waals surface area contributed by atoms with Crippen molar-refractivity contribution in [3.05, 3.63) is 34.4 Å². The van der Waals surface area contributed by atoms with Crippen molar-refractivity contribution < 1.29 is 14.3 Å². The second kappa shape index (κ2) is 5.65. The minimum Gasteiger partial charge on any atom is -0.457 e. The molecule has 2 saturated heterocycles. The Hall–Kier alpha value is -1.43. The summed E-state index contributed by atoms with van der Waals surface area (Å²) < 4.78 is 11.3. The fraction of sp³-hybridized carbons (Fsp3) is 0.588. The zero-order valence-corrected chi connectivity index (χ0v) is 12.9. The quantitative estimate of drug-likeness (QED) is 0.795. The van der Waals surface area contributed by atoms with E-state index in [2.05, 4.69) is 17.1 Å². The van der Waals surface area contributed by atoms with E-state index in [4.69, 9.17) is 9.47 Å². The molecule has 0 amide bonds. The first-order valence-corrected chi connectivity index (χ1v) is 8.10. The number of fused-ring (bicyclic) bond motifs is 2. The normalized spacial score (nSPS) is 28.7. The van der Waals surface area contributed by atoms with Crippen molar-refractivity contribution in [2.75, 3.05) is 32.8 Å². The average molecular weight is 302 g/mol. The van der Waals surface area contributed by atoms with Crippen molar-refractivity contribution in [1.82, 2.24) is 10.2 Å². The van der Waals surface area contributed by atoms with Gasteiger partial charge in [-0.15, -0.1) is 0 Å². The van der Waals surface area contributed by atoms with Crippen LogP contribution in [0.1, 0.15) is 39.6 Å². The lowest BCUT2D eigenvalue weighted by molar-refractivity contribution is -0.0611. The van der Waals surface area contributed by atoms with E-state index in [9.17, 15) is 4.79 Å². The smallest absolute Gasteiger partial charge is 0.338 e. The zero-order chi connectivity index (χ0) is 15.1. The fourth-order valence-electron chi connectivity index (χ4n) is 3.79. The highest BCUT2D eigenvalue weighted by molar-refractivity contribution is 5.93. The number of nitrogens with one attached hydrogen (secondary N) is 1. The molecule has 3 heterocycles. The molecule has 1 aromatic rings. The highest BCUT2D eigenvalue weighted by atomic mass is 16.5. The second-order valence-corrected chi connectivity index (χ2v) is 6.41. The summed E-state index contributed by atoms with van der Waals surface area (Å²) in [7, 11) is 0. The summed E-state index contributed by atoms with van der Waals surface area (Å²) in [5, 5.41) is 3.48. The number of ether oxygens (including phenoxy) is 2. The molecule has 1 N–H and O–H groups in total. The lowest BCUT2D eigenvalue weighted by atomic mass is 9.94. The summed E-state index contributed by atoms with van der Waals surface area (Å²) >= 11 is 0. The molecule has 0 saturated carbocycles. The molecule has 2 unspecified atom stereocenters. The number of carbonyl (C=O) groups is 1. The van der Waals surface area contributed by atoms with Gasteiger partial charge >= 0.3 is 5.97 Å². The number of hydrogen-bond donors (Lipinski definition) is 1. The first-order valence-electron chi connectivity index (χ1n) is 8.10. The van der Waals surface area contributed by atoms with Gasteiger partial charge in [-0.1, -0.05) is 6.07 Å². The van der Waals surface area contributed by atoms with Crippen molar-refractivity contribution in [3.8, 4) is 0 Å². The Kier molecular flexibility index (Phi) is 3.64. The Morgan fingerprint density at radius 1 is 1.36 bits per heavy atom. The monoisotopic (exact) mass is 302 g/mol. The van der Waals surface area contributed by atoms with Crippen molar-refractivity contribution in [2.45, 2.75) is 32.1 Å². The van der Waals surface area contributed by atoms with E-state index in [1.54, 1.807) is 0 Å². The first-order chi connectivity index (χ1) is 10.7. The van der Waals surface area contributed by atoms with Gasteiger partial charge in [-0.05, 0) is 43.6 Å². The molecule has 0 bridgehead atoms. The van der Waals surface area contributed by atoms with E-state index in [1.807, 2.05) is 12.1 Å². The number of carbonyl (C=O) groups excluding carboxylic acids is 1. The van der Waals surface area contributed by atoms with Crippen molar-refractivity contribution in [3.63, 3.8) is 0 Å². The number of esters is 1. The molecule has 118 valence electrons. The van der Waals surface area contributed by atoms with Crippen LogP contribution in [0.15, 0.2) is 12.1 Å². The summed E-state index contributed by atoms with van der Waals surface area (Å²) in [6.07, 6.45) is 1.28. The molecule has 3 aliphatic rings. The highest BCUT2D eigenvalue weighted by Gasteiger charge is 2.33. The van der Waals surface area contributed by atoms with Gasteiger partial charge in [-0.25, -0.2) is 4.79 Å². The lowest BCUT2D eigenvalue weighted by Crippen LogP contribution is -2.49. The van der Waals surface area contributed by atoms with Crippen LogP contribution < -0.4 is 5.32 Å². The number of rotatable bonds is 1. The van der Waals surface area contributed by atoms with Crippen LogP contribution in [0.3, 0.4) is 0 Å². The summed E-state index contributed by atoms with van der Waals surface area (Å²) in [6.45, 7) is 7.41. The van der Waals surface area contributed by atoms with Gasteiger partial charge in [0.25, 0.3) is 0 Å². The summed E-state index contributed by atoms with van der Waals surface area (Å²) in [5.41, 5.74) is 4.10. The standard InChI is InChI=1S/C17H22N2O3/c1-11-13(3-4-14-15(11)10-22-17(14)20)16-8-19-6-2-5-18-7-12(19)9-21-16/h3-4,12,16,18H,2,5-10H2,1H3. The summed E-state index contributed by atoms with van der Waals surface area (Å²) in [6, 6.07) is 4.42. The van der Waals surface area contributed by atoms with Crippen LogP contribution in [-0.2, 0) is 16.1 Å². The van der Waals surface area contributed by atoms with Gasteiger partial charge in [0.05, 0.1) is 18.3 Å². The summed E-state index contributed by atoms with van der Waals surface area (Å²) in [5.74, 6) is -0.201. The molecule has 1 aromatic carbocycles. The predicted molar refractivity (Wildman–Crippen MR) is 81.8 cm³/mol. The van der Waals surface area contributed by atoms with Crippen LogP contribution in [0.2, 0.25) is 0 Å². The van der Waals surface area contributed by atoms with Crippen molar-refractivity contribution in [1.29, 1.82) is 0 Å². The maximum Gasteiger partial charge on any atom is 0.338 e. The van der Waals surface area contributed by atoms with Crippen LogP contribution in [0.5, 0.6) is 0 Å². The molecule has 22 heavy (non-hydrogen) atoms. The number of morpholine rings is 1. The minimum atomic E-state index is -0.201. The molecule has 2 atom stereocenters. The summed E-state index contributed by atoms with van der Waals surface area (Å²) in [4.78, 5) is 14.2. The van der Waals surface area contributed by atoms with Gasteiger partial charge in [0.2, 0.25) is 0 Å². The van der Waals surface area contributed by atoms with E-state index in [0.717, 1.165) is 43.9 Å². The van der Waals surface area contributed by atoms with E-state index >= 15 is 0 Å².